The lowest BCUT2D eigenvalue weighted by molar-refractivity contribution is 0.223. The number of anilines is 2. The van der Waals surface area contributed by atoms with Gasteiger partial charge in [0.05, 0.1) is 30.8 Å². The molecular weight excluding hydrogens is 284 g/mol. The maximum absolute atomic E-state index is 11.6. The molecule has 8 heteroatoms. The predicted molar refractivity (Wildman–Crippen MR) is 82.5 cm³/mol. The van der Waals surface area contributed by atoms with Crippen molar-refractivity contribution in [2.24, 2.45) is 5.84 Å². The summed E-state index contributed by atoms with van der Waals surface area (Å²) in [5.74, 6) is 6.21. The maximum Gasteiger partial charge on any atom is 0.335 e. The number of rotatable bonds is 3. The van der Waals surface area contributed by atoms with Gasteiger partial charge in [-0.3, -0.25) is 5.01 Å². The number of nitrogens with one attached hydrogen (secondary N) is 2. The van der Waals surface area contributed by atoms with E-state index in [2.05, 4.69) is 20.2 Å². The zero-order chi connectivity index (χ0) is 15.5. The molecule has 3 rings (SSSR count). The van der Waals surface area contributed by atoms with E-state index in [1.807, 2.05) is 12.1 Å². The van der Waals surface area contributed by atoms with Crippen LogP contribution in [-0.2, 0) is 6.54 Å². The van der Waals surface area contributed by atoms with Crippen molar-refractivity contribution in [2.75, 3.05) is 30.4 Å². The zero-order valence-corrected chi connectivity index (χ0v) is 12.2. The number of H-pyrrole nitrogens is 1. The minimum absolute atomic E-state index is 0.378. The van der Waals surface area contributed by atoms with Crippen LogP contribution in [0, 0.1) is 0 Å². The Hall–Kier alpha value is -2.74. The largest absolute Gasteiger partial charge is 0.490 e. The monoisotopic (exact) mass is 302 g/mol. The maximum atomic E-state index is 11.6. The minimum atomic E-state index is -0.378. The van der Waals surface area contributed by atoms with E-state index in [0.717, 1.165) is 28.7 Å². The van der Waals surface area contributed by atoms with Gasteiger partial charge in [-0.1, -0.05) is 0 Å². The topological polar surface area (TPSA) is 99.5 Å². The number of carbonyl (C=O) groups is 1. The highest BCUT2D eigenvalue weighted by atomic mass is 16.5. The normalized spacial score (nSPS) is 13.3. The molecule has 0 saturated heterocycles. The Morgan fingerprint density at radius 2 is 2.45 bits per heavy atom. The van der Waals surface area contributed by atoms with Gasteiger partial charge in [-0.25, -0.2) is 15.6 Å². The first-order valence-corrected chi connectivity index (χ1v) is 6.92. The van der Waals surface area contributed by atoms with Crippen molar-refractivity contribution in [3.8, 4) is 5.75 Å². The van der Waals surface area contributed by atoms with E-state index in [1.165, 1.54) is 7.05 Å². The van der Waals surface area contributed by atoms with Crippen molar-refractivity contribution in [3.05, 3.63) is 36.4 Å². The highest BCUT2D eigenvalue weighted by Crippen LogP contribution is 2.34. The van der Waals surface area contributed by atoms with Crippen molar-refractivity contribution >= 4 is 17.4 Å². The molecule has 2 heterocycles. The number of aromatic nitrogens is 2. The van der Waals surface area contributed by atoms with E-state index >= 15 is 0 Å². The van der Waals surface area contributed by atoms with Gasteiger partial charge in [0.1, 0.15) is 12.4 Å². The number of hydrogen-bond donors (Lipinski definition) is 3. The summed E-state index contributed by atoms with van der Waals surface area (Å²) in [5.41, 5.74) is 2.61. The molecule has 0 radical (unpaired) electrons. The van der Waals surface area contributed by atoms with Gasteiger partial charge in [0, 0.05) is 18.9 Å². The summed E-state index contributed by atoms with van der Waals surface area (Å²) >= 11 is 0. The van der Waals surface area contributed by atoms with E-state index in [1.54, 1.807) is 18.6 Å². The standard InChI is InChI=1S/C14H18N6O2/c1-19(15)14(21)18-10-2-3-13-12(6-10)20(4-5-22-13)8-11-7-16-9-17-11/h2-3,6-7,9H,4-5,8,15H2,1H3,(H,16,17)(H,18,21). The smallest absolute Gasteiger partial charge is 0.335 e. The van der Waals surface area contributed by atoms with Gasteiger partial charge in [-0.2, -0.15) is 0 Å². The molecule has 0 unspecified atom stereocenters. The van der Waals surface area contributed by atoms with Crippen molar-refractivity contribution < 1.29 is 9.53 Å². The lowest BCUT2D eigenvalue weighted by atomic mass is 10.2. The Kier molecular flexibility index (Phi) is 3.84. The first-order valence-electron chi connectivity index (χ1n) is 6.92. The third-order valence-corrected chi connectivity index (χ3v) is 3.41. The fourth-order valence-corrected chi connectivity index (χ4v) is 2.30. The van der Waals surface area contributed by atoms with Crippen molar-refractivity contribution in [3.63, 3.8) is 0 Å². The molecule has 1 aliphatic rings. The summed E-state index contributed by atoms with van der Waals surface area (Å²) in [4.78, 5) is 20.9. The third kappa shape index (κ3) is 2.96. The predicted octanol–water partition coefficient (Wildman–Crippen LogP) is 1.15. The van der Waals surface area contributed by atoms with E-state index in [4.69, 9.17) is 10.6 Å². The molecule has 0 atom stereocenters. The molecule has 2 aromatic rings. The SMILES string of the molecule is CN(N)C(=O)Nc1ccc2c(c1)N(Cc1cnc[nH]1)CCO2. The number of nitrogens with two attached hydrogens (primary N) is 1. The number of benzene rings is 1. The molecule has 22 heavy (non-hydrogen) atoms. The van der Waals surface area contributed by atoms with Gasteiger partial charge >= 0.3 is 6.03 Å². The fourth-order valence-electron chi connectivity index (χ4n) is 2.30. The molecule has 4 N–H and O–H groups in total. The summed E-state index contributed by atoms with van der Waals surface area (Å²) in [6.07, 6.45) is 3.45. The molecule has 8 nitrogen and oxygen atoms in total. The highest BCUT2D eigenvalue weighted by molar-refractivity contribution is 5.89. The van der Waals surface area contributed by atoms with Crippen LogP contribution in [0.15, 0.2) is 30.7 Å². The van der Waals surface area contributed by atoms with Crippen LogP contribution in [0.25, 0.3) is 0 Å². The second-order valence-corrected chi connectivity index (χ2v) is 5.07. The highest BCUT2D eigenvalue weighted by Gasteiger charge is 2.19. The number of hydrogen-bond acceptors (Lipinski definition) is 5. The molecule has 0 fully saturated rings. The van der Waals surface area contributed by atoms with Gasteiger partial charge < -0.3 is 19.9 Å². The molecule has 1 aromatic heterocycles. The van der Waals surface area contributed by atoms with E-state index in [9.17, 15) is 4.79 Å². The Balaban J connectivity index is 1.83. The average molecular weight is 302 g/mol. The summed E-state index contributed by atoms with van der Waals surface area (Å²) in [5, 5.41) is 3.73. The first-order chi connectivity index (χ1) is 10.6. The number of carbonyl (C=O) groups excluding carboxylic acids is 1. The number of nitrogens with zero attached hydrogens (tertiary/aromatic N) is 3. The molecule has 116 valence electrons. The molecule has 0 saturated carbocycles. The van der Waals surface area contributed by atoms with Crippen LogP contribution in [0.2, 0.25) is 0 Å². The van der Waals surface area contributed by atoms with Crippen molar-refractivity contribution in [1.29, 1.82) is 0 Å². The van der Waals surface area contributed by atoms with E-state index < -0.39 is 0 Å². The minimum Gasteiger partial charge on any atom is -0.490 e. The Morgan fingerprint density at radius 1 is 1.59 bits per heavy atom. The van der Waals surface area contributed by atoms with Gasteiger partial charge in [0.2, 0.25) is 0 Å². The number of hydrazine groups is 1. The van der Waals surface area contributed by atoms with E-state index in [0.29, 0.717) is 18.8 Å². The van der Waals surface area contributed by atoms with Crippen molar-refractivity contribution in [1.82, 2.24) is 15.0 Å². The lowest BCUT2D eigenvalue weighted by Gasteiger charge is -2.31. The second kappa shape index (κ2) is 5.94. The van der Waals surface area contributed by atoms with Crippen LogP contribution in [0.3, 0.4) is 0 Å². The van der Waals surface area contributed by atoms with Crippen LogP contribution in [0.5, 0.6) is 5.75 Å². The summed E-state index contributed by atoms with van der Waals surface area (Å²) < 4.78 is 5.66. The number of amides is 2. The summed E-state index contributed by atoms with van der Waals surface area (Å²) in [6, 6.07) is 5.14. The molecule has 0 bridgehead atoms. The van der Waals surface area contributed by atoms with Crippen LogP contribution in [0.1, 0.15) is 5.69 Å². The molecule has 0 spiro atoms. The number of aromatic amines is 1. The van der Waals surface area contributed by atoms with Crippen LogP contribution in [0.4, 0.5) is 16.2 Å². The Morgan fingerprint density at radius 3 is 3.18 bits per heavy atom. The van der Waals surface area contributed by atoms with Crippen LogP contribution >= 0.6 is 0 Å². The molecule has 1 aromatic carbocycles. The lowest BCUT2D eigenvalue weighted by Crippen LogP contribution is -2.37. The molecule has 1 aliphatic heterocycles. The number of urea groups is 1. The number of fused-ring (bicyclic) bond motifs is 1. The average Bonchev–Trinajstić information content (AvgIpc) is 3.00. The van der Waals surface area contributed by atoms with Crippen LogP contribution in [-0.4, -0.2) is 41.2 Å². The molecule has 2 amide bonds. The number of imidazole rings is 1. The zero-order valence-electron chi connectivity index (χ0n) is 12.2. The van der Waals surface area contributed by atoms with Gasteiger partial charge in [0.15, 0.2) is 0 Å². The first kappa shape index (κ1) is 14.2. The Labute approximate surface area is 127 Å². The summed E-state index contributed by atoms with van der Waals surface area (Å²) in [6.45, 7) is 2.09. The second-order valence-electron chi connectivity index (χ2n) is 5.07. The fraction of sp³-hybridized carbons (Fsp3) is 0.286. The van der Waals surface area contributed by atoms with Gasteiger partial charge in [-0.05, 0) is 18.2 Å². The van der Waals surface area contributed by atoms with E-state index in [-0.39, 0.29) is 6.03 Å². The van der Waals surface area contributed by atoms with Gasteiger partial charge in [0.25, 0.3) is 0 Å². The quantitative estimate of drug-likeness (QED) is 0.448. The third-order valence-electron chi connectivity index (χ3n) is 3.41. The summed E-state index contributed by atoms with van der Waals surface area (Å²) in [7, 11) is 1.49. The molecule has 0 aliphatic carbocycles. The Bertz CT molecular complexity index is 655. The van der Waals surface area contributed by atoms with Crippen LogP contribution < -0.4 is 20.8 Å². The molecular formula is C14H18N6O2. The van der Waals surface area contributed by atoms with Gasteiger partial charge in [-0.15, -0.1) is 0 Å². The van der Waals surface area contributed by atoms with Crippen molar-refractivity contribution in [2.45, 2.75) is 6.54 Å². The number of ether oxygens (including phenoxy) is 1.